The van der Waals surface area contributed by atoms with Crippen molar-refractivity contribution < 1.29 is 9.53 Å². The van der Waals surface area contributed by atoms with Crippen molar-refractivity contribution in [2.75, 3.05) is 6.61 Å². The lowest BCUT2D eigenvalue weighted by Crippen LogP contribution is -2.50. The van der Waals surface area contributed by atoms with E-state index >= 15 is 0 Å². The van der Waals surface area contributed by atoms with Crippen molar-refractivity contribution in [3.63, 3.8) is 0 Å². The van der Waals surface area contributed by atoms with Gasteiger partial charge in [0.1, 0.15) is 0 Å². The number of nitrogens with zero attached hydrogens (tertiary/aromatic N) is 1. The van der Waals surface area contributed by atoms with Gasteiger partial charge in [-0.2, -0.15) is 0 Å². The second-order valence-electron chi connectivity index (χ2n) is 6.49. The van der Waals surface area contributed by atoms with Crippen LogP contribution in [0.1, 0.15) is 46.5 Å². The Balaban J connectivity index is 1.81. The van der Waals surface area contributed by atoms with Crippen LogP contribution in [0.2, 0.25) is 0 Å². The summed E-state index contributed by atoms with van der Waals surface area (Å²) in [6.45, 7) is 7.29. The number of rotatable bonds is 2. The highest BCUT2D eigenvalue weighted by Crippen LogP contribution is 2.45. The van der Waals surface area contributed by atoms with Crippen molar-refractivity contribution in [1.29, 1.82) is 0 Å². The first-order valence-corrected chi connectivity index (χ1v) is 7.25. The van der Waals surface area contributed by atoms with Crippen molar-refractivity contribution in [1.82, 2.24) is 10.2 Å². The Morgan fingerprint density at radius 1 is 1.44 bits per heavy atom. The molecule has 3 fully saturated rings. The molecule has 1 spiro atoms. The van der Waals surface area contributed by atoms with E-state index in [0.29, 0.717) is 17.9 Å². The minimum absolute atomic E-state index is 0.184. The Kier molecular flexibility index (Phi) is 2.90. The van der Waals surface area contributed by atoms with E-state index in [0.717, 1.165) is 32.3 Å². The fourth-order valence-electron chi connectivity index (χ4n) is 3.38. The molecule has 1 aliphatic carbocycles. The van der Waals surface area contributed by atoms with E-state index in [4.69, 9.17) is 4.74 Å². The summed E-state index contributed by atoms with van der Waals surface area (Å²) in [5, 5.41) is 3.59. The van der Waals surface area contributed by atoms with Crippen LogP contribution in [0.4, 0.5) is 0 Å². The molecule has 2 heterocycles. The van der Waals surface area contributed by atoms with Gasteiger partial charge in [-0.05, 0) is 38.5 Å². The van der Waals surface area contributed by atoms with Crippen LogP contribution >= 0.6 is 0 Å². The monoisotopic (exact) mass is 252 g/mol. The predicted molar refractivity (Wildman–Crippen MR) is 69.0 cm³/mol. The van der Waals surface area contributed by atoms with E-state index in [1.807, 2.05) is 0 Å². The number of amides is 1. The summed E-state index contributed by atoms with van der Waals surface area (Å²) in [5.74, 6) is 0.812. The van der Waals surface area contributed by atoms with Gasteiger partial charge in [-0.1, -0.05) is 13.8 Å². The molecule has 3 unspecified atom stereocenters. The predicted octanol–water partition coefficient (Wildman–Crippen LogP) is 1.50. The van der Waals surface area contributed by atoms with Gasteiger partial charge in [-0.3, -0.25) is 10.1 Å². The van der Waals surface area contributed by atoms with Crippen molar-refractivity contribution >= 4 is 5.91 Å². The van der Waals surface area contributed by atoms with E-state index in [1.54, 1.807) is 0 Å². The van der Waals surface area contributed by atoms with E-state index in [2.05, 4.69) is 31.0 Å². The summed E-state index contributed by atoms with van der Waals surface area (Å²) >= 11 is 0. The highest BCUT2D eigenvalue weighted by Gasteiger charge is 2.60. The number of hydrogen-bond donors (Lipinski definition) is 1. The largest absolute Gasteiger partial charge is 0.378 e. The molecule has 2 aliphatic heterocycles. The van der Waals surface area contributed by atoms with Crippen LogP contribution in [0.15, 0.2) is 0 Å². The number of carbonyl (C=O) groups excluding carboxylic acids is 1. The molecule has 4 nitrogen and oxygen atoms in total. The Morgan fingerprint density at radius 3 is 2.72 bits per heavy atom. The molecular formula is C14H24N2O2. The Hall–Kier alpha value is -0.610. The first-order valence-electron chi connectivity index (χ1n) is 7.25. The average Bonchev–Trinajstić information content (AvgIpc) is 3.02. The molecule has 102 valence electrons. The van der Waals surface area contributed by atoms with Gasteiger partial charge < -0.3 is 9.64 Å². The summed E-state index contributed by atoms with van der Waals surface area (Å²) in [7, 11) is 0. The van der Waals surface area contributed by atoms with Crippen molar-refractivity contribution in [3.8, 4) is 0 Å². The molecule has 1 N–H and O–H groups in total. The molecule has 0 bridgehead atoms. The molecule has 3 aliphatic rings. The van der Waals surface area contributed by atoms with Crippen molar-refractivity contribution in [2.24, 2.45) is 5.92 Å². The second-order valence-corrected chi connectivity index (χ2v) is 6.49. The highest BCUT2D eigenvalue weighted by atomic mass is 16.5. The quantitative estimate of drug-likeness (QED) is 0.810. The van der Waals surface area contributed by atoms with Gasteiger partial charge in [-0.15, -0.1) is 0 Å². The number of ether oxygens (including phenoxy) is 1. The number of hydrogen-bond acceptors (Lipinski definition) is 3. The SMILES string of the molecule is CC1CC(N2C(=O)C3(CC3)NC2C(C)C)CCO1. The first-order chi connectivity index (χ1) is 8.53. The average molecular weight is 252 g/mol. The van der Waals surface area contributed by atoms with E-state index in [9.17, 15) is 4.79 Å². The summed E-state index contributed by atoms with van der Waals surface area (Å²) in [5.41, 5.74) is -0.184. The lowest BCUT2D eigenvalue weighted by atomic mass is 10.00. The van der Waals surface area contributed by atoms with E-state index in [1.165, 1.54) is 0 Å². The summed E-state index contributed by atoms with van der Waals surface area (Å²) in [6, 6.07) is 0.362. The molecule has 3 atom stereocenters. The maximum atomic E-state index is 12.6. The number of nitrogens with one attached hydrogen (secondary N) is 1. The lowest BCUT2D eigenvalue weighted by Gasteiger charge is -2.38. The zero-order chi connectivity index (χ0) is 12.9. The molecule has 1 saturated carbocycles. The minimum atomic E-state index is -0.184. The van der Waals surface area contributed by atoms with E-state index in [-0.39, 0.29) is 17.8 Å². The topological polar surface area (TPSA) is 41.6 Å². The van der Waals surface area contributed by atoms with Crippen molar-refractivity contribution in [3.05, 3.63) is 0 Å². The van der Waals surface area contributed by atoms with Crippen LogP contribution in [0.5, 0.6) is 0 Å². The third-order valence-electron chi connectivity index (χ3n) is 4.60. The zero-order valence-electron chi connectivity index (χ0n) is 11.6. The molecule has 1 amide bonds. The van der Waals surface area contributed by atoms with Gasteiger partial charge in [0.2, 0.25) is 5.91 Å². The molecule has 0 aromatic rings. The highest BCUT2D eigenvalue weighted by molar-refractivity contribution is 5.92. The minimum Gasteiger partial charge on any atom is -0.378 e. The van der Waals surface area contributed by atoms with Crippen LogP contribution < -0.4 is 5.32 Å². The standard InChI is InChI=1S/C14H24N2O2/c1-9(2)12-15-14(5-6-14)13(17)16(12)11-4-7-18-10(3)8-11/h9-12,15H,4-8H2,1-3H3. The van der Waals surface area contributed by atoms with Gasteiger partial charge in [0.05, 0.1) is 17.8 Å². The van der Waals surface area contributed by atoms with Crippen LogP contribution in [0, 0.1) is 5.92 Å². The lowest BCUT2D eigenvalue weighted by molar-refractivity contribution is -0.136. The Morgan fingerprint density at radius 2 is 2.17 bits per heavy atom. The molecule has 0 radical (unpaired) electrons. The normalized spacial score (nSPS) is 38.8. The first kappa shape index (κ1) is 12.4. The Labute approximate surface area is 109 Å². The molecule has 18 heavy (non-hydrogen) atoms. The number of carbonyl (C=O) groups is 1. The third-order valence-corrected chi connectivity index (χ3v) is 4.60. The summed E-state index contributed by atoms with van der Waals surface area (Å²) < 4.78 is 5.61. The fraction of sp³-hybridized carbons (Fsp3) is 0.929. The molecule has 3 rings (SSSR count). The fourth-order valence-corrected chi connectivity index (χ4v) is 3.38. The van der Waals surface area contributed by atoms with Crippen LogP contribution in [-0.2, 0) is 9.53 Å². The molecular weight excluding hydrogens is 228 g/mol. The van der Waals surface area contributed by atoms with Crippen molar-refractivity contribution in [2.45, 2.75) is 70.3 Å². The van der Waals surface area contributed by atoms with Gasteiger partial charge in [-0.25, -0.2) is 0 Å². The maximum Gasteiger partial charge on any atom is 0.244 e. The van der Waals surface area contributed by atoms with Gasteiger partial charge in [0, 0.05) is 12.6 Å². The smallest absolute Gasteiger partial charge is 0.244 e. The summed E-state index contributed by atoms with van der Waals surface area (Å²) in [6.07, 6.45) is 4.49. The van der Waals surface area contributed by atoms with E-state index < -0.39 is 0 Å². The molecule has 2 saturated heterocycles. The summed E-state index contributed by atoms with van der Waals surface area (Å²) in [4.78, 5) is 14.8. The van der Waals surface area contributed by atoms with Crippen LogP contribution in [0.25, 0.3) is 0 Å². The second kappa shape index (κ2) is 4.20. The Bertz CT molecular complexity index is 352. The van der Waals surface area contributed by atoms with Gasteiger partial charge >= 0.3 is 0 Å². The maximum absolute atomic E-state index is 12.6. The van der Waals surface area contributed by atoms with Crippen LogP contribution in [-0.4, -0.2) is 41.3 Å². The third kappa shape index (κ3) is 1.86. The van der Waals surface area contributed by atoms with Gasteiger partial charge in [0.15, 0.2) is 0 Å². The molecule has 0 aromatic heterocycles. The zero-order valence-corrected chi connectivity index (χ0v) is 11.6. The van der Waals surface area contributed by atoms with Crippen LogP contribution in [0.3, 0.4) is 0 Å². The van der Waals surface area contributed by atoms with Gasteiger partial charge in [0.25, 0.3) is 0 Å². The molecule has 4 heteroatoms. The molecule has 0 aromatic carbocycles.